The Hall–Kier alpha value is -0.780. The molecule has 2 aliphatic heterocycles. The Morgan fingerprint density at radius 2 is 2.13 bits per heavy atom. The van der Waals surface area contributed by atoms with Crippen molar-refractivity contribution in [3.8, 4) is 0 Å². The molecule has 1 aromatic rings. The Bertz CT molecular complexity index is 606. The second-order valence-corrected chi connectivity index (χ2v) is 7.89. The van der Waals surface area contributed by atoms with E-state index in [1.54, 1.807) is 17.8 Å². The van der Waals surface area contributed by atoms with E-state index in [1.807, 2.05) is 6.07 Å². The molecule has 1 amide bonds. The Morgan fingerprint density at radius 1 is 1.35 bits per heavy atom. The van der Waals surface area contributed by atoms with Gasteiger partial charge >= 0.3 is 0 Å². The molecule has 23 heavy (non-hydrogen) atoms. The first kappa shape index (κ1) is 17.1. The van der Waals surface area contributed by atoms with Crippen molar-refractivity contribution in [1.82, 2.24) is 10.6 Å². The van der Waals surface area contributed by atoms with E-state index in [1.165, 1.54) is 6.07 Å². The SMILES string of the molecule is Cl.O=C(NC1CCSc2ccc(F)cc21)C1CC12CCNCC2. The van der Waals surface area contributed by atoms with E-state index < -0.39 is 0 Å². The van der Waals surface area contributed by atoms with Crippen LogP contribution in [-0.4, -0.2) is 24.7 Å². The van der Waals surface area contributed by atoms with Crippen LogP contribution in [-0.2, 0) is 4.79 Å². The van der Waals surface area contributed by atoms with Gasteiger partial charge in [-0.2, -0.15) is 0 Å². The second-order valence-electron chi connectivity index (χ2n) is 6.75. The Morgan fingerprint density at radius 3 is 2.91 bits per heavy atom. The van der Waals surface area contributed by atoms with Crippen LogP contribution in [0.2, 0.25) is 0 Å². The minimum atomic E-state index is -0.221. The first-order valence-electron chi connectivity index (χ1n) is 8.11. The number of fused-ring (bicyclic) bond motifs is 1. The summed E-state index contributed by atoms with van der Waals surface area (Å²) in [5.74, 6) is 1.10. The van der Waals surface area contributed by atoms with Gasteiger partial charge in [-0.3, -0.25) is 4.79 Å². The van der Waals surface area contributed by atoms with Crippen LogP contribution >= 0.6 is 24.2 Å². The molecule has 4 rings (SSSR count). The van der Waals surface area contributed by atoms with Gasteiger partial charge in [0.1, 0.15) is 5.82 Å². The Labute approximate surface area is 146 Å². The average Bonchev–Trinajstić information content (AvgIpc) is 3.22. The molecule has 0 radical (unpaired) electrons. The summed E-state index contributed by atoms with van der Waals surface area (Å²) in [6, 6.07) is 4.89. The summed E-state index contributed by atoms with van der Waals surface area (Å²) in [4.78, 5) is 13.7. The normalized spacial score (nSPS) is 27.7. The van der Waals surface area contributed by atoms with Crippen molar-refractivity contribution in [3.05, 3.63) is 29.6 Å². The van der Waals surface area contributed by atoms with E-state index in [2.05, 4.69) is 10.6 Å². The fourth-order valence-corrected chi connectivity index (χ4v) is 5.09. The minimum Gasteiger partial charge on any atom is -0.349 e. The number of thioether (sulfide) groups is 1. The lowest BCUT2D eigenvalue weighted by Crippen LogP contribution is -2.36. The third kappa shape index (κ3) is 3.24. The number of nitrogens with one attached hydrogen (secondary N) is 2. The van der Waals surface area contributed by atoms with Crippen LogP contribution in [0, 0.1) is 17.2 Å². The molecule has 126 valence electrons. The molecule has 2 atom stereocenters. The zero-order chi connectivity index (χ0) is 15.2. The highest BCUT2D eigenvalue weighted by Gasteiger charge is 2.57. The third-order valence-electron chi connectivity index (χ3n) is 5.43. The number of carbonyl (C=O) groups excluding carboxylic acids is 1. The molecule has 6 heteroatoms. The monoisotopic (exact) mass is 356 g/mol. The molecule has 0 aromatic heterocycles. The van der Waals surface area contributed by atoms with Crippen LogP contribution in [0.25, 0.3) is 0 Å². The van der Waals surface area contributed by atoms with E-state index in [-0.39, 0.29) is 41.5 Å². The van der Waals surface area contributed by atoms with Gasteiger partial charge in [-0.05, 0) is 68.0 Å². The summed E-state index contributed by atoms with van der Waals surface area (Å²) >= 11 is 1.75. The summed E-state index contributed by atoms with van der Waals surface area (Å²) < 4.78 is 13.5. The zero-order valence-electron chi connectivity index (χ0n) is 12.9. The Balaban J connectivity index is 0.00000156. The molecule has 2 N–H and O–H groups in total. The fourth-order valence-electron chi connectivity index (χ4n) is 3.98. The topological polar surface area (TPSA) is 41.1 Å². The zero-order valence-corrected chi connectivity index (χ0v) is 14.6. The lowest BCUT2D eigenvalue weighted by atomic mass is 9.91. The molecule has 3 aliphatic rings. The number of halogens is 2. The van der Waals surface area contributed by atoms with Crippen molar-refractivity contribution in [2.45, 2.75) is 36.6 Å². The Kier molecular flexibility index (Phi) is 4.90. The van der Waals surface area contributed by atoms with E-state index in [4.69, 9.17) is 0 Å². The molecule has 1 aromatic carbocycles. The van der Waals surface area contributed by atoms with Gasteiger partial charge in [-0.1, -0.05) is 0 Å². The van der Waals surface area contributed by atoms with Crippen LogP contribution in [0.1, 0.15) is 37.3 Å². The second kappa shape index (κ2) is 6.61. The van der Waals surface area contributed by atoms with Crippen LogP contribution in [0.3, 0.4) is 0 Å². The third-order valence-corrected chi connectivity index (χ3v) is 6.56. The van der Waals surface area contributed by atoms with Crippen LogP contribution < -0.4 is 10.6 Å². The van der Waals surface area contributed by atoms with E-state index in [0.29, 0.717) is 0 Å². The van der Waals surface area contributed by atoms with Gasteiger partial charge in [0.15, 0.2) is 0 Å². The van der Waals surface area contributed by atoms with Crippen molar-refractivity contribution in [1.29, 1.82) is 0 Å². The molecular weight excluding hydrogens is 335 g/mol. The highest BCUT2D eigenvalue weighted by Crippen LogP contribution is 2.58. The molecule has 0 bridgehead atoms. The van der Waals surface area contributed by atoms with Gasteiger partial charge in [0.2, 0.25) is 5.91 Å². The van der Waals surface area contributed by atoms with Crippen LogP contribution in [0.15, 0.2) is 23.1 Å². The summed E-state index contributed by atoms with van der Waals surface area (Å²) in [7, 11) is 0. The number of piperidine rings is 1. The van der Waals surface area contributed by atoms with Crippen molar-refractivity contribution in [3.63, 3.8) is 0 Å². The highest BCUT2D eigenvalue weighted by atomic mass is 35.5. The lowest BCUT2D eigenvalue weighted by Gasteiger charge is -2.27. The first-order chi connectivity index (χ1) is 10.7. The summed E-state index contributed by atoms with van der Waals surface area (Å²) in [5.41, 5.74) is 1.20. The van der Waals surface area contributed by atoms with Gasteiger partial charge in [0, 0.05) is 16.6 Å². The molecule has 3 nitrogen and oxygen atoms in total. The van der Waals surface area contributed by atoms with Crippen molar-refractivity contribution in [2.75, 3.05) is 18.8 Å². The molecule has 1 saturated carbocycles. The van der Waals surface area contributed by atoms with E-state index in [9.17, 15) is 9.18 Å². The lowest BCUT2D eigenvalue weighted by molar-refractivity contribution is -0.124. The number of rotatable bonds is 2. The predicted octanol–water partition coefficient (Wildman–Crippen LogP) is 3.29. The van der Waals surface area contributed by atoms with Gasteiger partial charge in [-0.15, -0.1) is 24.2 Å². The van der Waals surface area contributed by atoms with Crippen molar-refractivity contribution >= 4 is 30.1 Å². The maximum Gasteiger partial charge on any atom is 0.224 e. The van der Waals surface area contributed by atoms with Gasteiger partial charge in [0.05, 0.1) is 6.04 Å². The molecule has 2 unspecified atom stereocenters. The number of amides is 1. The van der Waals surface area contributed by atoms with E-state index in [0.717, 1.165) is 55.0 Å². The van der Waals surface area contributed by atoms with E-state index >= 15 is 0 Å². The molecule has 2 fully saturated rings. The minimum absolute atomic E-state index is 0. The standard InChI is InChI=1S/C17H21FN2OS.ClH/c18-11-1-2-15-12(9-11)14(3-8-22-15)20-16(21)13-10-17(13)4-6-19-7-5-17;/h1-2,9,13-14,19H,3-8,10H2,(H,20,21);1H. The van der Waals surface area contributed by atoms with Gasteiger partial charge in [-0.25, -0.2) is 4.39 Å². The molecular formula is C17H22ClFN2OS. The van der Waals surface area contributed by atoms with Crippen LogP contribution in [0.4, 0.5) is 4.39 Å². The number of hydrogen-bond acceptors (Lipinski definition) is 3. The summed E-state index contributed by atoms with van der Waals surface area (Å²) in [6.07, 6.45) is 4.12. The molecule has 1 saturated heterocycles. The molecule has 2 heterocycles. The average molecular weight is 357 g/mol. The van der Waals surface area contributed by atoms with Crippen molar-refractivity contribution in [2.24, 2.45) is 11.3 Å². The quantitative estimate of drug-likeness (QED) is 0.854. The maximum absolute atomic E-state index is 13.5. The maximum atomic E-state index is 13.5. The highest BCUT2D eigenvalue weighted by molar-refractivity contribution is 7.99. The van der Waals surface area contributed by atoms with Crippen molar-refractivity contribution < 1.29 is 9.18 Å². The number of carbonyl (C=O) groups is 1. The summed E-state index contributed by atoms with van der Waals surface area (Å²) in [5, 5.41) is 6.56. The predicted molar refractivity (Wildman–Crippen MR) is 92.5 cm³/mol. The fraction of sp³-hybridized carbons (Fsp3) is 0.588. The molecule has 1 spiro atoms. The first-order valence-corrected chi connectivity index (χ1v) is 9.10. The number of hydrogen-bond donors (Lipinski definition) is 2. The van der Waals surface area contributed by atoms with Gasteiger partial charge in [0.25, 0.3) is 0 Å². The largest absolute Gasteiger partial charge is 0.349 e. The smallest absolute Gasteiger partial charge is 0.224 e. The molecule has 1 aliphatic carbocycles. The van der Waals surface area contributed by atoms with Gasteiger partial charge < -0.3 is 10.6 Å². The summed E-state index contributed by atoms with van der Waals surface area (Å²) in [6.45, 7) is 2.05. The number of benzene rings is 1. The van der Waals surface area contributed by atoms with Crippen LogP contribution in [0.5, 0.6) is 0 Å².